The van der Waals surface area contributed by atoms with Gasteiger partial charge in [0.2, 0.25) is 0 Å². The second-order valence-electron chi connectivity index (χ2n) is 15.6. The Morgan fingerprint density at radius 3 is 0.511 bits per heavy atom. The van der Waals surface area contributed by atoms with Gasteiger partial charge in [-0.2, -0.15) is 0 Å². The molecule has 1 aromatic rings. The Bertz CT molecular complexity index is 659. The Kier molecular flexibility index (Phi) is 26.2. The molecule has 45 heavy (non-hydrogen) atoms. The van der Waals surface area contributed by atoms with Gasteiger partial charge in [0.1, 0.15) is 0 Å². The SMILES string of the molecule is CCC[CH2][Sn]([CH2]CCC)([CH2]CCC)[c]1c[c]([Sn]([CH2]CCC)([CH2]CCC)[CH2]CCC)c[c]([Sn]([CH2]CCC)([CH2]CCC)[CH2]CCC)c1. The van der Waals surface area contributed by atoms with Crippen LogP contribution in [0.5, 0.6) is 0 Å². The zero-order chi connectivity index (χ0) is 33.4. The molecule has 0 spiro atoms. The van der Waals surface area contributed by atoms with Crippen molar-refractivity contribution in [2.45, 2.75) is 218 Å². The molecule has 0 unspecified atom stereocenters. The van der Waals surface area contributed by atoms with Crippen LogP contribution in [0.25, 0.3) is 0 Å². The van der Waals surface area contributed by atoms with Crippen LogP contribution < -0.4 is 10.7 Å². The van der Waals surface area contributed by atoms with E-state index < -0.39 is 55.1 Å². The summed E-state index contributed by atoms with van der Waals surface area (Å²) < 4.78 is 21.0. The van der Waals surface area contributed by atoms with E-state index in [1.54, 1.807) is 39.9 Å². The Labute approximate surface area is 298 Å². The normalized spacial score (nSPS) is 12.7. The van der Waals surface area contributed by atoms with Crippen molar-refractivity contribution in [2.75, 3.05) is 0 Å². The Hall–Kier alpha value is 1.62. The van der Waals surface area contributed by atoms with Gasteiger partial charge in [0.25, 0.3) is 0 Å². The van der Waals surface area contributed by atoms with Crippen molar-refractivity contribution in [2.24, 2.45) is 0 Å². The molecule has 0 heterocycles. The molecule has 3 heteroatoms. The van der Waals surface area contributed by atoms with E-state index >= 15 is 0 Å². The second-order valence-corrected chi connectivity index (χ2v) is 55.3. The van der Waals surface area contributed by atoms with Crippen molar-refractivity contribution in [3.05, 3.63) is 18.2 Å². The van der Waals surface area contributed by atoms with Gasteiger partial charge in [-0.15, -0.1) is 0 Å². The average Bonchev–Trinajstić information content (AvgIpc) is 3.07. The molecule has 0 atom stereocenters. The summed E-state index contributed by atoms with van der Waals surface area (Å²) in [4.78, 5) is 0. The van der Waals surface area contributed by atoms with Crippen molar-refractivity contribution in [1.82, 2.24) is 0 Å². The van der Waals surface area contributed by atoms with Gasteiger partial charge in [-0.3, -0.25) is 0 Å². The minimum absolute atomic E-state index is 1.39. The first-order valence-corrected chi connectivity index (χ1v) is 43.5. The van der Waals surface area contributed by atoms with Gasteiger partial charge in [-0.05, 0) is 0 Å². The van der Waals surface area contributed by atoms with Gasteiger partial charge in [0.05, 0.1) is 0 Å². The van der Waals surface area contributed by atoms with E-state index in [-0.39, 0.29) is 0 Å². The fourth-order valence-electron chi connectivity index (χ4n) is 8.61. The summed E-state index contributed by atoms with van der Waals surface area (Å²) in [5.41, 5.74) is 0. The maximum atomic E-state index is 3.09. The first kappa shape index (κ1) is 44.6. The second kappa shape index (κ2) is 26.4. The van der Waals surface area contributed by atoms with Crippen LogP contribution in [0.15, 0.2) is 18.2 Å². The van der Waals surface area contributed by atoms with E-state index in [2.05, 4.69) is 91.3 Å². The van der Waals surface area contributed by atoms with Gasteiger partial charge in [0.15, 0.2) is 0 Å². The molecule has 0 radical (unpaired) electrons. The zero-order valence-electron chi connectivity index (χ0n) is 32.8. The Morgan fingerprint density at radius 1 is 0.267 bits per heavy atom. The number of hydrogen-bond donors (Lipinski definition) is 0. The summed E-state index contributed by atoms with van der Waals surface area (Å²) in [5.74, 6) is 0. The maximum absolute atomic E-state index is 3.09. The molecule has 1 rings (SSSR count). The molecular formula is C42H84Sn3. The van der Waals surface area contributed by atoms with Gasteiger partial charge in [0, 0.05) is 0 Å². The fraction of sp³-hybridized carbons (Fsp3) is 0.857. The molecular weight excluding hydrogens is 861 g/mol. The van der Waals surface area contributed by atoms with E-state index in [0.717, 1.165) is 0 Å². The van der Waals surface area contributed by atoms with E-state index in [0.29, 0.717) is 0 Å². The van der Waals surface area contributed by atoms with Crippen LogP contribution in [0, 0.1) is 0 Å². The molecule has 0 aliphatic rings. The van der Waals surface area contributed by atoms with E-state index in [1.807, 2.05) is 0 Å². The quantitative estimate of drug-likeness (QED) is 0.0674. The van der Waals surface area contributed by atoms with E-state index in [9.17, 15) is 0 Å². The van der Waals surface area contributed by atoms with Gasteiger partial charge in [-0.25, -0.2) is 0 Å². The van der Waals surface area contributed by atoms with Crippen LogP contribution >= 0.6 is 0 Å². The van der Waals surface area contributed by atoms with Crippen molar-refractivity contribution >= 4 is 65.9 Å². The number of hydrogen-bond acceptors (Lipinski definition) is 0. The topological polar surface area (TPSA) is 0 Å². The fourth-order valence-corrected chi connectivity index (χ4v) is 60.3. The van der Waals surface area contributed by atoms with E-state index in [4.69, 9.17) is 0 Å². The predicted octanol–water partition coefficient (Wildman–Crippen LogP) is 13.9. The van der Waals surface area contributed by atoms with E-state index in [1.165, 1.54) is 116 Å². The summed E-state index contributed by atoms with van der Waals surface area (Å²) in [6, 6.07) is 9.27. The third kappa shape index (κ3) is 14.8. The summed E-state index contributed by atoms with van der Waals surface area (Å²) in [6.07, 6.45) is 26.0. The van der Waals surface area contributed by atoms with Crippen molar-refractivity contribution in [3.8, 4) is 0 Å². The summed E-state index contributed by atoms with van der Waals surface area (Å²) in [7, 11) is 0. The first-order chi connectivity index (χ1) is 21.9. The standard InChI is InChI=1S/C6H3.9C4H9.3Sn/c1-2-4-6-5-3-1;9*1-3-4-2;;;/h1,4-5H;9*1,3-4H2,2H3;;;. The number of rotatable bonds is 30. The third-order valence-corrected chi connectivity index (χ3v) is 58.5. The number of benzene rings is 1. The van der Waals surface area contributed by atoms with Gasteiger partial charge < -0.3 is 0 Å². The molecule has 0 aromatic heterocycles. The Balaban J connectivity index is 4.30. The van der Waals surface area contributed by atoms with Crippen LogP contribution in [0.3, 0.4) is 0 Å². The van der Waals surface area contributed by atoms with Crippen LogP contribution in [-0.4, -0.2) is 55.1 Å². The molecule has 0 saturated heterocycles. The Morgan fingerprint density at radius 2 is 0.400 bits per heavy atom. The molecule has 0 bridgehead atoms. The first-order valence-electron chi connectivity index (χ1n) is 21.0. The van der Waals surface area contributed by atoms with Crippen molar-refractivity contribution < 1.29 is 0 Å². The summed E-state index contributed by atoms with van der Waals surface area (Å²) in [5, 5.41) is 0. The van der Waals surface area contributed by atoms with Crippen LogP contribution in [-0.2, 0) is 0 Å². The van der Waals surface area contributed by atoms with Crippen LogP contribution in [0.1, 0.15) is 178 Å². The molecule has 0 saturated carbocycles. The zero-order valence-corrected chi connectivity index (χ0v) is 41.4. The third-order valence-electron chi connectivity index (χ3n) is 11.9. The van der Waals surface area contributed by atoms with Gasteiger partial charge in [-0.1, -0.05) is 0 Å². The molecule has 1 aromatic carbocycles. The summed E-state index contributed by atoms with van der Waals surface area (Å²) >= 11 is -7.77. The monoisotopic (exact) mass is 948 g/mol. The molecule has 0 amide bonds. The molecule has 0 aliphatic carbocycles. The summed E-state index contributed by atoms with van der Waals surface area (Å²) in [6.45, 7) is 22.3. The molecule has 0 fully saturated rings. The molecule has 0 N–H and O–H groups in total. The van der Waals surface area contributed by atoms with Gasteiger partial charge >= 0.3 is 302 Å². The van der Waals surface area contributed by atoms with Crippen LogP contribution in [0.2, 0.25) is 39.9 Å². The predicted molar refractivity (Wildman–Crippen MR) is 220 cm³/mol. The van der Waals surface area contributed by atoms with Crippen molar-refractivity contribution in [3.63, 3.8) is 0 Å². The molecule has 264 valence electrons. The number of unbranched alkanes of at least 4 members (excludes halogenated alkanes) is 9. The molecule has 0 aliphatic heterocycles. The molecule has 0 nitrogen and oxygen atoms in total. The minimum atomic E-state index is -2.59. The van der Waals surface area contributed by atoms with Crippen molar-refractivity contribution in [1.29, 1.82) is 0 Å². The van der Waals surface area contributed by atoms with Crippen LogP contribution in [0.4, 0.5) is 0 Å². The average molecular weight is 945 g/mol.